The number of benzene rings is 2. The van der Waals surface area contributed by atoms with Crippen LogP contribution in [-0.2, 0) is 33.4 Å². The van der Waals surface area contributed by atoms with E-state index < -0.39 is 23.9 Å². The molecule has 1 aliphatic rings. The first-order valence-electron chi connectivity index (χ1n) is 13.1. The SMILES string of the molecule is COC(=O)COCCN1CCN(C(c2ccccc2)c2ccc(Cl)cc2)CC1.O=C(O)/C=C\C(=O)O.O=C(O)/C=C\C(=O)O. The van der Waals surface area contributed by atoms with Crippen LogP contribution in [0.2, 0.25) is 5.02 Å². The number of rotatable bonds is 12. The molecule has 0 radical (unpaired) electrons. The normalized spacial score (nSPS) is 14.0. The fraction of sp³-hybridized carbons (Fsp3) is 0.300. The number of carbonyl (C=O) groups excluding carboxylic acids is 1. The predicted molar refractivity (Wildman–Crippen MR) is 159 cm³/mol. The second-order valence-electron chi connectivity index (χ2n) is 8.89. The van der Waals surface area contributed by atoms with Gasteiger partial charge >= 0.3 is 29.8 Å². The molecule has 1 saturated heterocycles. The highest BCUT2D eigenvalue weighted by molar-refractivity contribution is 6.30. The lowest BCUT2D eigenvalue weighted by Crippen LogP contribution is -2.48. The van der Waals surface area contributed by atoms with Gasteiger partial charge in [0.1, 0.15) is 6.61 Å². The minimum absolute atomic E-state index is 0.0170. The zero-order valence-corrected chi connectivity index (χ0v) is 24.7. The number of aliphatic carboxylic acids is 4. The summed E-state index contributed by atoms with van der Waals surface area (Å²) in [6.07, 6.45) is 2.23. The van der Waals surface area contributed by atoms with Crippen LogP contribution in [-0.4, -0.2) is 113 Å². The summed E-state index contributed by atoms with van der Waals surface area (Å²) in [5, 5.41) is 32.0. The Morgan fingerprint density at radius 1 is 0.750 bits per heavy atom. The smallest absolute Gasteiger partial charge is 0.331 e. The maximum absolute atomic E-state index is 11.1. The highest BCUT2D eigenvalue weighted by Gasteiger charge is 2.26. The van der Waals surface area contributed by atoms with E-state index in [4.69, 9.17) is 36.8 Å². The predicted octanol–water partition coefficient (Wildman–Crippen LogP) is 2.66. The summed E-state index contributed by atoms with van der Waals surface area (Å²) in [5.41, 5.74) is 2.55. The number of nitrogens with zero attached hydrogens (tertiary/aromatic N) is 2. The average molecular weight is 635 g/mol. The lowest BCUT2D eigenvalue weighted by Gasteiger charge is -2.39. The van der Waals surface area contributed by atoms with Crippen molar-refractivity contribution >= 4 is 41.4 Å². The molecule has 1 heterocycles. The molecule has 14 heteroatoms. The molecule has 1 aliphatic heterocycles. The third-order valence-corrected chi connectivity index (χ3v) is 6.06. The summed E-state index contributed by atoms with van der Waals surface area (Å²) in [7, 11) is 1.37. The van der Waals surface area contributed by atoms with E-state index in [1.165, 1.54) is 18.2 Å². The molecule has 1 unspecified atom stereocenters. The Kier molecular flexibility index (Phi) is 18.0. The maximum atomic E-state index is 11.1. The first-order valence-corrected chi connectivity index (χ1v) is 13.5. The molecule has 0 spiro atoms. The zero-order chi connectivity index (χ0) is 32.9. The van der Waals surface area contributed by atoms with E-state index in [2.05, 4.69) is 57.0 Å². The number of carboxylic acid groups (broad SMARTS) is 4. The van der Waals surface area contributed by atoms with E-state index in [1.807, 2.05) is 12.1 Å². The highest BCUT2D eigenvalue weighted by Crippen LogP contribution is 2.30. The van der Waals surface area contributed by atoms with Crippen molar-refractivity contribution in [3.05, 3.63) is 95.1 Å². The summed E-state index contributed by atoms with van der Waals surface area (Å²) in [6, 6.07) is 19.0. The van der Waals surface area contributed by atoms with Gasteiger partial charge in [0.05, 0.1) is 19.8 Å². The molecule has 0 bridgehead atoms. The van der Waals surface area contributed by atoms with Crippen molar-refractivity contribution in [2.45, 2.75) is 6.04 Å². The molecule has 44 heavy (non-hydrogen) atoms. The van der Waals surface area contributed by atoms with Crippen molar-refractivity contribution in [2.24, 2.45) is 0 Å². The van der Waals surface area contributed by atoms with Crippen LogP contribution in [0.1, 0.15) is 17.2 Å². The summed E-state index contributed by atoms with van der Waals surface area (Å²) in [6.45, 7) is 5.26. The van der Waals surface area contributed by atoms with Crippen molar-refractivity contribution in [3.63, 3.8) is 0 Å². The van der Waals surface area contributed by atoms with Crippen LogP contribution in [0.3, 0.4) is 0 Å². The van der Waals surface area contributed by atoms with Gasteiger partial charge in [0.2, 0.25) is 0 Å². The van der Waals surface area contributed by atoms with Gasteiger partial charge in [-0.15, -0.1) is 0 Å². The van der Waals surface area contributed by atoms with E-state index in [-0.39, 0.29) is 18.6 Å². The first kappa shape index (κ1) is 37.5. The van der Waals surface area contributed by atoms with Crippen LogP contribution in [0, 0.1) is 0 Å². The Balaban J connectivity index is 0.000000498. The molecule has 0 aliphatic carbocycles. The molecule has 2 aromatic carbocycles. The molecular formula is C30H35ClN2O11. The second-order valence-corrected chi connectivity index (χ2v) is 9.33. The molecule has 1 fully saturated rings. The third-order valence-electron chi connectivity index (χ3n) is 5.81. The van der Waals surface area contributed by atoms with E-state index in [1.54, 1.807) is 0 Å². The minimum Gasteiger partial charge on any atom is -0.478 e. The number of methoxy groups -OCH3 is 1. The Morgan fingerprint density at radius 3 is 1.64 bits per heavy atom. The number of carbonyl (C=O) groups is 5. The third kappa shape index (κ3) is 16.8. The van der Waals surface area contributed by atoms with E-state index >= 15 is 0 Å². The number of ether oxygens (including phenoxy) is 2. The van der Waals surface area contributed by atoms with Gasteiger partial charge < -0.3 is 29.9 Å². The van der Waals surface area contributed by atoms with Gasteiger partial charge in [-0.2, -0.15) is 0 Å². The monoisotopic (exact) mass is 634 g/mol. The molecule has 3 rings (SSSR count). The zero-order valence-electron chi connectivity index (χ0n) is 24.0. The number of esters is 1. The number of carboxylic acids is 4. The molecule has 0 saturated carbocycles. The topological polar surface area (TPSA) is 191 Å². The van der Waals surface area contributed by atoms with Gasteiger partial charge in [-0.25, -0.2) is 24.0 Å². The number of hydrogen-bond acceptors (Lipinski definition) is 9. The average Bonchev–Trinajstić information content (AvgIpc) is 3.00. The molecule has 0 amide bonds. The van der Waals surface area contributed by atoms with Crippen molar-refractivity contribution in [2.75, 3.05) is 53.0 Å². The van der Waals surface area contributed by atoms with Gasteiger partial charge in [0.25, 0.3) is 0 Å². The van der Waals surface area contributed by atoms with Crippen LogP contribution in [0.25, 0.3) is 0 Å². The van der Waals surface area contributed by atoms with Crippen molar-refractivity contribution < 1.29 is 53.9 Å². The molecule has 0 aromatic heterocycles. The van der Waals surface area contributed by atoms with E-state index in [0.717, 1.165) is 37.7 Å². The van der Waals surface area contributed by atoms with Gasteiger partial charge in [0, 0.05) is 62.1 Å². The standard InChI is InChI=1S/C22H27ClN2O3.2C4H4O4/c1-27-21(26)17-28-16-15-24-11-13-25(14-12-24)22(18-5-3-2-4-6-18)19-7-9-20(23)10-8-19;2*5-3(6)1-2-4(7)8/h2-10,22H,11-17H2,1H3;2*1-2H,(H,5,6)(H,7,8)/b;2*2-1-. The molecule has 2 aromatic rings. The molecule has 1 atom stereocenters. The summed E-state index contributed by atoms with van der Waals surface area (Å²) in [5.74, 6) is -5.36. The van der Waals surface area contributed by atoms with Crippen LogP contribution in [0.4, 0.5) is 0 Å². The van der Waals surface area contributed by atoms with Crippen LogP contribution >= 0.6 is 11.6 Å². The minimum atomic E-state index is -1.26. The Hall–Kier alpha value is -4.56. The summed E-state index contributed by atoms with van der Waals surface area (Å²) in [4.78, 5) is 54.2. The van der Waals surface area contributed by atoms with Crippen LogP contribution in [0.15, 0.2) is 78.9 Å². The lowest BCUT2D eigenvalue weighted by molar-refractivity contribution is -0.146. The number of piperazine rings is 1. The summed E-state index contributed by atoms with van der Waals surface area (Å²) >= 11 is 6.10. The number of halogens is 1. The summed E-state index contributed by atoms with van der Waals surface area (Å²) < 4.78 is 9.95. The maximum Gasteiger partial charge on any atom is 0.331 e. The van der Waals surface area contributed by atoms with Gasteiger partial charge in [-0.3, -0.25) is 9.80 Å². The van der Waals surface area contributed by atoms with Gasteiger partial charge in [0.15, 0.2) is 0 Å². The van der Waals surface area contributed by atoms with Crippen molar-refractivity contribution in [1.29, 1.82) is 0 Å². The van der Waals surface area contributed by atoms with Crippen molar-refractivity contribution in [1.82, 2.24) is 9.80 Å². The van der Waals surface area contributed by atoms with Crippen LogP contribution < -0.4 is 0 Å². The van der Waals surface area contributed by atoms with Crippen molar-refractivity contribution in [3.8, 4) is 0 Å². The molecular weight excluding hydrogens is 600 g/mol. The molecule has 13 nitrogen and oxygen atoms in total. The highest BCUT2D eigenvalue weighted by atomic mass is 35.5. The Labute approximate surface area is 259 Å². The number of hydrogen-bond donors (Lipinski definition) is 4. The first-order chi connectivity index (χ1) is 20.9. The largest absolute Gasteiger partial charge is 0.478 e. The van der Waals surface area contributed by atoms with E-state index in [0.29, 0.717) is 30.9 Å². The van der Waals surface area contributed by atoms with Crippen LogP contribution in [0.5, 0.6) is 0 Å². The Morgan fingerprint density at radius 2 is 1.20 bits per heavy atom. The Bertz CT molecular complexity index is 1190. The van der Waals surface area contributed by atoms with E-state index in [9.17, 15) is 24.0 Å². The fourth-order valence-electron chi connectivity index (χ4n) is 3.83. The van der Waals surface area contributed by atoms with Gasteiger partial charge in [-0.1, -0.05) is 54.1 Å². The molecule has 4 N–H and O–H groups in total. The lowest BCUT2D eigenvalue weighted by atomic mass is 9.96. The van der Waals surface area contributed by atoms with Gasteiger partial charge in [-0.05, 0) is 23.3 Å². The second kappa shape index (κ2) is 21.2. The molecule has 238 valence electrons. The quantitative estimate of drug-likeness (QED) is 0.151. The fourth-order valence-corrected chi connectivity index (χ4v) is 3.96.